The second-order valence-corrected chi connectivity index (χ2v) is 9.27. The molecule has 7 heteroatoms. The van der Waals surface area contributed by atoms with E-state index in [1.807, 2.05) is 54.6 Å². The van der Waals surface area contributed by atoms with Crippen LogP contribution < -0.4 is 4.74 Å². The summed E-state index contributed by atoms with van der Waals surface area (Å²) in [5.41, 5.74) is 4.59. The fourth-order valence-corrected chi connectivity index (χ4v) is 5.26. The zero-order valence-corrected chi connectivity index (χ0v) is 20.5. The number of nitrogens with zero attached hydrogens (tertiary/aromatic N) is 3. The van der Waals surface area contributed by atoms with Crippen molar-refractivity contribution in [2.24, 2.45) is 0 Å². The van der Waals surface area contributed by atoms with Crippen LogP contribution in [0.25, 0.3) is 33.6 Å². The summed E-state index contributed by atoms with van der Waals surface area (Å²) >= 11 is 0. The number of benzene rings is 2. The fourth-order valence-electron chi connectivity index (χ4n) is 5.26. The highest BCUT2D eigenvalue weighted by Gasteiger charge is 2.26. The van der Waals surface area contributed by atoms with E-state index in [-0.39, 0.29) is 6.42 Å². The molecule has 1 saturated heterocycles. The van der Waals surface area contributed by atoms with Gasteiger partial charge in [0.2, 0.25) is 5.71 Å². The van der Waals surface area contributed by atoms with Crippen molar-refractivity contribution in [1.82, 2.24) is 14.9 Å². The van der Waals surface area contributed by atoms with Crippen molar-refractivity contribution < 1.29 is 19.1 Å². The maximum absolute atomic E-state index is 10.9. The lowest BCUT2D eigenvalue weighted by Crippen LogP contribution is -2.31. The SMILES string of the molecule is COc1ccc(-c2c(-c3ccccc3)oc3ncnc(CC[C@H]4CCCN4CCCC(=O)O)c23)cc1. The second kappa shape index (κ2) is 10.9. The van der Waals surface area contributed by atoms with Gasteiger partial charge in [-0.15, -0.1) is 0 Å². The van der Waals surface area contributed by atoms with Crippen molar-refractivity contribution in [3.63, 3.8) is 0 Å². The van der Waals surface area contributed by atoms with E-state index in [2.05, 4.69) is 9.88 Å². The number of aliphatic carboxylic acids is 1. The van der Waals surface area contributed by atoms with Crippen molar-refractivity contribution >= 4 is 17.1 Å². The van der Waals surface area contributed by atoms with Gasteiger partial charge in [0.1, 0.15) is 17.8 Å². The molecule has 2 aromatic carbocycles. The third kappa shape index (κ3) is 5.11. The van der Waals surface area contributed by atoms with E-state index in [4.69, 9.17) is 19.2 Å². The third-order valence-corrected chi connectivity index (χ3v) is 7.03. The Kier molecular flexibility index (Phi) is 7.28. The van der Waals surface area contributed by atoms with Crippen LogP contribution in [0.1, 0.15) is 37.8 Å². The Balaban J connectivity index is 1.48. The molecule has 5 rings (SSSR count). The zero-order valence-electron chi connectivity index (χ0n) is 20.5. The van der Waals surface area contributed by atoms with Gasteiger partial charge in [-0.25, -0.2) is 9.97 Å². The van der Waals surface area contributed by atoms with Gasteiger partial charge in [0.25, 0.3) is 0 Å². The van der Waals surface area contributed by atoms with Crippen molar-refractivity contribution in [3.05, 3.63) is 66.6 Å². The number of likely N-dealkylation sites (tertiary alicyclic amines) is 1. The summed E-state index contributed by atoms with van der Waals surface area (Å²) in [6.45, 7) is 1.86. The standard InChI is InChI=1S/C29H31N3O4/c1-35-23-14-11-20(12-15-23)26-27-24(16-13-22-9-5-17-32(22)18-6-10-25(33)34)30-19-31-29(27)36-28(26)21-7-3-2-4-8-21/h2-4,7-8,11-12,14-15,19,22H,5-6,9-10,13,16-18H2,1H3,(H,33,34)/t22-/m1/s1. The van der Waals surface area contributed by atoms with Gasteiger partial charge in [-0.3, -0.25) is 4.79 Å². The Hall–Kier alpha value is -3.71. The van der Waals surface area contributed by atoms with Gasteiger partial charge < -0.3 is 19.2 Å². The number of aryl methyl sites for hydroxylation is 1. The highest BCUT2D eigenvalue weighted by Crippen LogP contribution is 2.42. The van der Waals surface area contributed by atoms with Crippen LogP contribution in [0.3, 0.4) is 0 Å². The van der Waals surface area contributed by atoms with E-state index in [0.717, 1.165) is 78.1 Å². The molecule has 0 aliphatic carbocycles. The van der Waals surface area contributed by atoms with E-state index >= 15 is 0 Å². The number of carbonyl (C=O) groups is 1. The minimum atomic E-state index is -0.727. The third-order valence-electron chi connectivity index (χ3n) is 7.03. The number of carboxylic acids is 1. The first-order valence-corrected chi connectivity index (χ1v) is 12.6. The van der Waals surface area contributed by atoms with Crippen LogP contribution in [0.4, 0.5) is 0 Å². The summed E-state index contributed by atoms with van der Waals surface area (Å²) in [6.07, 6.45) is 6.55. The largest absolute Gasteiger partial charge is 0.497 e. The van der Waals surface area contributed by atoms with Crippen LogP contribution in [-0.4, -0.2) is 52.2 Å². The number of rotatable bonds is 10. The number of ether oxygens (including phenoxy) is 1. The first-order valence-electron chi connectivity index (χ1n) is 12.6. The molecule has 0 unspecified atom stereocenters. The van der Waals surface area contributed by atoms with Crippen LogP contribution >= 0.6 is 0 Å². The van der Waals surface area contributed by atoms with Gasteiger partial charge in [0, 0.05) is 23.6 Å². The van der Waals surface area contributed by atoms with Crippen LogP contribution in [0.2, 0.25) is 0 Å². The molecule has 1 fully saturated rings. The van der Waals surface area contributed by atoms with Crippen LogP contribution in [0, 0.1) is 0 Å². The second-order valence-electron chi connectivity index (χ2n) is 9.27. The molecule has 4 aromatic rings. The molecule has 0 bridgehead atoms. The molecule has 0 radical (unpaired) electrons. The van der Waals surface area contributed by atoms with E-state index in [1.54, 1.807) is 13.4 Å². The maximum atomic E-state index is 10.9. The predicted molar refractivity (Wildman–Crippen MR) is 139 cm³/mol. The van der Waals surface area contributed by atoms with Gasteiger partial charge in [0.05, 0.1) is 18.2 Å². The van der Waals surface area contributed by atoms with E-state index < -0.39 is 5.97 Å². The fraction of sp³-hybridized carbons (Fsp3) is 0.345. The first kappa shape index (κ1) is 24.0. The summed E-state index contributed by atoms with van der Waals surface area (Å²) in [4.78, 5) is 22.6. The first-order chi connectivity index (χ1) is 17.6. The molecular weight excluding hydrogens is 454 g/mol. The van der Waals surface area contributed by atoms with Crippen molar-refractivity contribution in [1.29, 1.82) is 0 Å². The summed E-state index contributed by atoms with van der Waals surface area (Å²) in [6, 6.07) is 18.6. The molecule has 36 heavy (non-hydrogen) atoms. The molecule has 186 valence electrons. The maximum Gasteiger partial charge on any atom is 0.303 e. The van der Waals surface area contributed by atoms with Gasteiger partial charge in [-0.05, 0) is 62.9 Å². The van der Waals surface area contributed by atoms with Gasteiger partial charge in [-0.2, -0.15) is 0 Å². The van der Waals surface area contributed by atoms with E-state index in [1.165, 1.54) is 0 Å². The van der Waals surface area contributed by atoms with E-state index in [0.29, 0.717) is 18.2 Å². The summed E-state index contributed by atoms with van der Waals surface area (Å²) in [5.74, 6) is 0.858. The Morgan fingerprint density at radius 1 is 1.11 bits per heavy atom. The number of carboxylic acid groups (broad SMARTS) is 1. The van der Waals surface area contributed by atoms with Gasteiger partial charge in [0.15, 0.2) is 0 Å². The predicted octanol–water partition coefficient (Wildman–Crippen LogP) is 5.83. The molecule has 0 saturated carbocycles. The van der Waals surface area contributed by atoms with Crippen LogP contribution in [0.5, 0.6) is 5.75 Å². The minimum Gasteiger partial charge on any atom is -0.497 e. The molecule has 1 N–H and O–H groups in total. The lowest BCUT2D eigenvalue weighted by atomic mass is 9.96. The van der Waals surface area contributed by atoms with Crippen LogP contribution in [-0.2, 0) is 11.2 Å². The van der Waals surface area contributed by atoms with Crippen molar-refractivity contribution in [2.75, 3.05) is 20.2 Å². The Labute approximate surface area is 210 Å². The van der Waals surface area contributed by atoms with Gasteiger partial charge >= 0.3 is 5.97 Å². The molecule has 1 aliphatic rings. The van der Waals surface area contributed by atoms with Gasteiger partial charge in [-0.1, -0.05) is 42.5 Å². The molecular formula is C29H31N3O4. The summed E-state index contributed by atoms with van der Waals surface area (Å²) in [5, 5.41) is 9.95. The number of furan rings is 1. The zero-order chi connectivity index (χ0) is 24.9. The molecule has 3 heterocycles. The lowest BCUT2D eigenvalue weighted by molar-refractivity contribution is -0.137. The van der Waals surface area contributed by atoms with E-state index in [9.17, 15) is 4.79 Å². The summed E-state index contributed by atoms with van der Waals surface area (Å²) in [7, 11) is 1.66. The average Bonchev–Trinajstić information content (AvgIpc) is 3.52. The number of hydrogen-bond donors (Lipinski definition) is 1. The quantitative estimate of drug-likeness (QED) is 0.302. The number of aromatic nitrogens is 2. The molecule has 1 aliphatic heterocycles. The normalized spacial score (nSPS) is 16.0. The number of methoxy groups -OCH3 is 1. The highest BCUT2D eigenvalue weighted by atomic mass is 16.5. The Bertz CT molecular complexity index is 1320. The minimum absolute atomic E-state index is 0.220. The molecule has 2 aromatic heterocycles. The van der Waals surface area contributed by atoms with Crippen molar-refractivity contribution in [2.45, 2.75) is 44.6 Å². The van der Waals surface area contributed by atoms with Crippen molar-refractivity contribution in [3.8, 4) is 28.2 Å². The summed E-state index contributed by atoms with van der Waals surface area (Å²) < 4.78 is 11.7. The molecule has 0 spiro atoms. The topological polar surface area (TPSA) is 88.7 Å². The average molecular weight is 486 g/mol. The monoisotopic (exact) mass is 485 g/mol. The smallest absolute Gasteiger partial charge is 0.303 e. The highest BCUT2D eigenvalue weighted by molar-refractivity contribution is 6.01. The Morgan fingerprint density at radius 3 is 2.67 bits per heavy atom. The number of hydrogen-bond acceptors (Lipinski definition) is 6. The Morgan fingerprint density at radius 2 is 1.92 bits per heavy atom. The lowest BCUT2D eigenvalue weighted by Gasteiger charge is -2.24. The molecule has 1 atom stereocenters. The number of fused-ring (bicyclic) bond motifs is 1. The van der Waals surface area contributed by atoms with Crippen LogP contribution in [0.15, 0.2) is 65.3 Å². The molecule has 0 amide bonds. The molecule has 7 nitrogen and oxygen atoms in total.